The lowest BCUT2D eigenvalue weighted by Crippen LogP contribution is -2.66. The highest BCUT2D eigenvalue weighted by molar-refractivity contribution is 6.36. The van der Waals surface area contributed by atoms with Gasteiger partial charge in [0.1, 0.15) is 0 Å². The van der Waals surface area contributed by atoms with E-state index in [-0.39, 0.29) is 11.9 Å². The number of hydrazine groups is 1. The predicted molar refractivity (Wildman–Crippen MR) is 127 cm³/mol. The van der Waals surface area contributed by atoms with Crippen molar-refractivity contribution >= 4 is 46.4 Å². The van der Waals surface area contributed by atoms with Crippen LogP contribution >= 0.6 is 34.8 Å². The average Bonchev–Trinajstić information content (AvgIpc) is 3.16. The lowest BCUT2D eigenvalue weighted by Gasteiger charge is -2.41. The Hall–Kier alpha value is -2.30. The first-order chi connectivity index (χ1) is 15.6. The molecule has 2 fully saturated rings. The monoisotopic (exact) mass is 515 g/mol. The minimum absolute atomic E-state index is 0.152. The van der Waals surface area contributed by atoms with Crippen molar-refractivity contribution in [1.29, 1.82) is 0 Å². The minimum Gasteiger partial charge on any atom is -0.367 e. The van der Waals surface area contributed by atoms with Crippen LogP contribution in [0.15, 0.2) is 42.5 Å². The van der Waals surface area contributed by atoms with Crippen LogP contribution in [0.25, 0.3) is 0 Å². The van der Waals surface area contributed by atoms with Crippen LogP contribution in [-0.2, 0) is 4.79 Å². The van der Waals surface area contributed by atoms with Crippen LogP contribution in [-0.4, -0.2) is 39.9 Å². The molecule has 2 aliphatic heterocycles. The summed E-state index contributed by atoms with van der Waals surface area (Å²) < 4.78 is 0. The Balaban J connectivity index is 0.000000709. The highest BCUT2D eigenvalue weighted by Gasteiger charge is 2.53. The first-order valence-electron chi connectivity index (χ1n) is 10.3. The first kappa shape index (κ1) is 25.3. The molecule has 2 aromatic rings. The SMILES string of the molecule is NC(=O)C1(N2CCCCC2)CC(c2ccc(Cl)cc2)N(c2ccc(Cl)cc2Cl)N1.O=[N+]([O-])O. The van der Waals surface area contributed by atoms with E-state index in [1.54, 1.807) is 12.1 Å². The quantitative estimate of drug-likeness (QED) is 0.406. The molecule has 0 spiro atoms. The summed E-state index contributed by atoms with van der Waals surface area (Å²) in [5, 5.41) is 17.3. The van der Waals surface area contributed by atoms with E-state index in [4.69, 9.17) is 55.9 Å². The number of amides is 1. The smallest absolute Gasteiger partial charge is 0.291 e. The molecule has 9 nitrogen and oxygen atoms in total. The van der Waals surface area contributed by atoms with Gasteiger partial charge >= 0.3 is 0 Å². The van der Waals surface area contributed by atoms with E-state index >= 15 is 0 Å². The van der Waals surface area contributed by atoms with Gasteiger partial charge < -0.3 is 10.9 Å². The molecule has 2 aliphatic rings. The van der Waals surface area contributed by atoms with Crippen molar-refractivity contribution in [3.63, 3.8) is 0 Å². The standard InChI is InChI=1S/C21H23Cl3N4O.HNO3/c22-15-6-4-14(5-7-15)19-13-21(20(25)29,27-10-2-1-3-11-27)26-28(19)18-9-8-16(23)12-17(18)24;2-1(3)4/h4-9,12,19,26H,1-3,10-11,13H2,(H2,25,29);(H,2,3,4). The molecule has 2 saturated heterocycles. The maximum Gasteiger partial charge on any atom is 0.291 e. The number of halogens is 3. The van der Waals surface area contributed by atoms with Crippen LogP contribution < -0.4 is 16.2 Å². The van der Waals surface area contributed by atoms with Gasteiger partial charge in [0.05, 0.1) is 16.8 Å². The molecule has 178 valence electrons. The van der Waals surface area contributed by atoms with Crippen LogP contribution in [0.4, 0.5) is 5.69 Å². The number of carbonyl (C=O) groups excluding carboxylic acids is 1. The van der Waals surface area contributed by atoms with Gasteiger partial charge in [-0.3, -0.25) is 14.7 Å². The van der Waals surface area contributed by atoms with Crippen LogP contribution in [0.1, 0.15) is 37.3 Å². The zero-order valence-corrected chi connectivity index (χ0v) is 19.9. The first-order valence-corrected chi connectivity index (χ1v) is 11.4. The van der Waals surface area contributed by atoms with Gasteiger partial charge in [0, 0.05) is 29.6 Å². The highest BCUT2D eigenvalue weighted by Crippen LogP contribution is 2.43. The Bertz CT molecular complexity index is 1000. The molecule has 0 bridgehead atoms. The van der Waals surface area contributed by atoms with Crippen molar-refractivity contribution < 1.29 is 15.1 Å². The second-order valence-corrected chi connectivity index (χ2v) is 9.14. The van der Waals surface area contributed by atoms with E-state index in [0.29, 0.717) is 21.5 Å². The summed E-state index contributed by atoms with van der Waals surface area (Å²) in [7, 11) is 0. The number of nitrogens with one attached hydrogen (secondary N) is 1. The topological polar surface area (TPSA) is 125 Å². The molecular weight excluding hydrogens is 493 g/mol. The molecule has 1 amide bonds. The number of hydrogen-bond acceptors (Lipinski definition) is 6. The van der Waals surface area contributed by atoms with Crippen molar-refractivity contribution in [1.82, 2.24) is 10.3 Å². The number of nitrogens with zero attached hydrogens (tertiary/aromatic N) is 3. The number of primary amides is 1. The summed E-state index contributed by atoms with van der Waals surface area (Å²) in [6.45, 7) is 1.65. The third-order valence-electron chi connectivity index (χ3n) is 5.83. The summed E-state index contributed by atoms with van der Waals surface area (Å²) in [4.78, 5) is 23.3. The molecule has 0 aromatic heterocycles. The van der Waals surface area contributed by atoms with Gasteiger partial charge in [-0.15, -0.1) is 10.1 Å². The number of piperidine rings is 1. The Morgan fingerprint density at radius 1 is 1.09 bits per heavy atom. The lowest BCUT2D eigenvalue weighted by molar-refractivity contribution is -0.742. The Morgan fingerprint density at radius 2 is 1.67 bits per heavy atom. The van der Waals surface area contributed by atoms with Gasteiger partial charge in [0.2, 0.25) is 0 Å². The second kappa shape index (κ2) is 10.8. The number of likely N-dealkylation sites (tertiary alicyclic amines) is 1. The van der Waals surface area contributed by atoms with E-state index < -0.39 is 10.7 Å². The highest BCUT2D eigenvalue weighted by atomic mass is 35.5. The van der Waals surface area contributed by atoms with Crippen molar-refractivity contribution in [2.45, 2.75) is 37.4 Å². The number of nitrogens with two attached hydrogens (primary N) is 1. The molecule has 0 radical (unpaired) electrons. The van der Waals surface area contributed by atoms with Gasteiger partial charge in [-0.2, -0.15) is 0 Å². The fraction of sp³-hybridized carbons (Fsp3) is 0.381. The summed E-state index contributed by atoms with van der Waals surface area (Å²) in [6, 6.07) is 12.8. The molecule has 0 aliphatic carbocycles. The number of hydrogen-bond donors (Lipinski definition) is 3. The van der Waals surface area contributed by atoms with Gasteiger partial charge in [-0.25, -0.2) is 5.43 Å². The normalized spacial score (nSPS) is 23.0. The van der Waals surface area contributed by atoms with E-state index in [1.807, 2.05) is 35.3 Å². The third-order valence-corrected chi connectivity index (χ3v) is 6.62. The van der Waals surface area contributed by atoms with Crippen LogP contribution in [0.3, 0.4) is 0 Å². The fourth-order valence-corrected chi connectivity index (χ4v) is 4.96. The van der Waals surface area contributed by atoms with Crippen molar-refractivity contribution in [3.05, 3.63) is 73.2 Å². The zero-order valence-electron chi connectivity index (χ0n) is 17.6. The van der Waals surface area contributed by atoms with Gasteiger partial charge in [-0.1, -0.05) is 53.4 Å². The van der Waals surface area contributed by atoms with Crippen LogP contribution in [0.2, 0.25) is 15.1 Å². The third kappa shape index (κ3) is 5.80. The van der Waals surface area contributed by atoms with E-state index in [9.17, 15) is 4.79 Å². The van der Waals surface area contributed by atoms with Crippen molar-refractivity contribution in [3.8, 4) is 0 Å². The summed E-state index contributed by atoms with van der Waals surface area (Å²) >= 11 is 18.7. The van der Waals surface area contributed by atoms with Gasteiger partial charge in [0.25, 0.3) is 11.0 Å². The van der Waals surface area contributed by atoms with E-state index in [1.165, 1.54) is 6.42 Å². The molecule has 2 heterocycles. The number of benzene rings is 2. The number of anilines is 1. The Labute approximate surface area is 206 Å². The van der Waals surface area contributed by atoms with Crippen molar-refractivity contribution in [2.24, 2.45) is 5.73 Å². The predicted octanol–water partition coefficient (Wildman–Crippen LogP) is 4.42. The lowest BCUT2D eigenvalue weighted by atomic mass is 9.93. The molecule has 4 rings (SSSR count). The van der Waals surface area contributed by atoms with Gasteiger partial charge in [0.15, 0.2) is 5.66 Å². The summed E-state index contributed by atoms with van der Waals surface area (Å²) in [5.74, 6) is -0.383. The van der Waals surface area contributed by atoms with Crippen molar-refractivity contribution in [2.75, 3.05) is 18.1 Å². The maximum atomic E-state index is 12.8. The minimum atomic E-state index is -1.50. The molecule has 4 N–H and O–H groups in total. The number of carbonyl (C=O) groups is 1. The Kier molecular flexibility index (Phi) is 8.25. The molecule has 2 unspecified atom stereocenters. The number of rotatable bonds is 4. The largest absolute Gasteiger partial charge is 0.367 e. The van der Waals surface area contributed by atoms with E-state index in [2.05, 4.69) is 10.3 Å². The van der Waals surface area contributed by atoms with Gasteiger partial charge in [-0.05, 0) is 48.7 Å². The molecule has 12 heteroatoms. The molecule has 33 heavy (non-hydrogen) atoms. The van der Waals surface area contributed by atoms with E-state index in [0.717, 1.165) is 37.2 Å². The molecule has 0 saturated carbocycles. The average molecular weight is 517 g/mol. The fourth-order valence-electron chi connectivity index (χ4n) is 4.34. The summed E-state index contributed by atoms with van der Waals surface area (Å²) in [6.07, 6.45) is 3.76. The molecule has 2 atom stereocenters. The van der Waals surface area contributed by atoms with Crippen LogP contribution in [0, 0.1) is 10.1 Å². The summed E-state index contributed by atoms with van der Waals surface area (Å²) in [5.41, 5.74) is 10.2. The second-order valence-electron chi connectivity index (χ2n) is 7.86. The Morgan fingerprint density at radius 3 is 2.21 bits per heavy atom. The zero-order chi connectivity index (χ0) is 24.2. The maximum absolute atomic E-state index is 12.8. The molecular formula is C21H24Cl3N5O4. The molecule has 2 aromatic carbocycles. The van der Waals surface area contributed by atoms with Crippen LogP contribution in [0.5, 0.6) is 0 Å².